The number of fused-ring (bicyclic) bond motifs is 3. The Kier molecular flexibility index (Phi) is 24.5. The number of ether oxygens (including phenoxy) is 10. The lowest BCUT2D eigenvalue weighted by molar-refractivity contribution is -0.0000314. The topological polar surface area (TPSA) is 145 Å². The molecule has 6 aromatic carbocycles. The molecular formula is C67H78BrF3N3O11-. The summed E-state index contributed by atoms with van der Waals surface area (Å²) < 4.78 is 95.8. The molecule has 0 amide bonds. The van der Waals surface area contributed by atoms with Crippen LogP contribution in [-0.2, 0) is 4.74 Å². The van der Waals surface area contributed by atoms with Crippen LogP contribution in [0.4, 0.5) is 13.2 Å². The third-order valence-electron chi connectivity index (χ3n) is 16.1. The van der Waals surface area contributed by atoms with E-state index < -0.39 is 0 Å². The summed E-state index contributed by atoms with van der Waals surface area (Å²) in [6.07, 6.45) is 12.5. The predicted octanol–water partition coefficient (Wildman–Crippen LogP) is 9.65. The molecule has 6 atom stereocenters. The number of rotatable bonds is 20. The molecule has 6 aliphatic rings. The third kappa shape index (κ3) is 17.6. The molecule has 456 valence electrons. The number of allylic oxidation sites excluding steroid dienone is 1. The SMILES string of the molecule is C.COCCCCCC=Cc1cc2c(cc1OC[C@@H]1CNCC[C@H]1c1ccc(F)cc1)OCO2.Fc1ccc([C@@H]2CCNC[C@H]2COc2ccc3c(c2)OCO3)cc1.O=Cc1cc2c(cc1OC[C@@H]1CNCC[C@H]1c1ccc(F)cc1)OCO2.[Br-]. The van der Waals surface area contributed by atoms with E-state index in [0.29, 0.717) is 66.3 Å². The van der Waals surface area contributed by atoms with Crippen LogP contribution in [0.15, 0.2) is 121 Å². The molecule has 6 aromatic rings. The summed E-state index contributed by atoms with van der Waals surface area (Å²) in [5.74, 6) is 7.42. The zero-order valence-corrected chi connectivity index (χ0v) is 48.9. The molecular weight excluding hydrogens is 1160 g/mol. The van der Waals surface area contributed by atoms with Gasteiger partial charge in [-0.25, -0.2) is 13.2 Å². The number of benzene rings is 6. The van der Waals surface area contributed by atoms with Crippen molar-refractivity contribution in [2.45, 2.75) is 70.1 Å². The molecule has 0 radical (unpaired) electrons. The molecule has 0 spiro atoms. The minimum atomic E-state index is -0.230. The van der Waals surface area contributed by atoms with Crippen LogP contribution in [0.1, 0.15) is 103 Å². The zero-order chi connectivity index (χ0) is 57.2. The summed E-state index contributed by atoms with van der Waals surface area (Å²) in [5, 5.41) is 10.3. The molecule has 0 saturated carbocycles. The van der Waals surface area contributed by atoms with E-state index in [9.17, 15) is 18.0 Å². The van der Waals surface area contributed by atoms with E-state index in [0.717, 1.165) is 143 Å². The lowest BCUT2D eigenvalue weighted by Gasteiger charge is -2.32. The summed E-state index contributed by atoms with van der Waals surface area (Å²) in [7, 11) is 1.74. The molecule has 14 nitrogen and oxygen atoms in total. The van der Waals surface area contributed by atoms with Gasteiger partial charge in [0.2, 0.25) is 20.4 Å². The van der Waals surface area contributed by atoms with E-state index in [2.05, 4.69) is 28.1 Å². The Balaban J connectivity index is 0.000000166. The van der Waals surface area contributed by atoms with Gasteiger partial charge in [-0.15, -0.1) is 0 Å². The van der Waals surface area contributed by atoms with Gasteiger partial charge in [-0.2, -0.15) is 0 Å². The normalized spacial score (nSPS) is 20.6. The highest BCUT2D eigenvalue weighted by Crippen LogP contribution is 2.42. The first-order valence-electron chi connectivity index (χ1n) is 28.9. The lowest BCUT2D eigenvalue weighted by atomic mass is 9.81. The number of nitrogens with one attached hydrogen (secondary N) is 3. The Bertz CT molecular complexity index is 3070. The van der Waals surface area contributed by atoms with Gasteiger partial charge in [-0.05, 0) is 153 Å². The molecule has 12 rings (SSSR count). The molecule has 6 aliphatic heterocycles. The van der Waals surface area contributed by atoms with Crippen molar-refractivity contribution in [3.8, 4) is 51.7 Å². The summed E-state index contributed by atoms with van der Waals surface area (Å²) in [6, 6.07) is 33.3. The van der Waals surface area contributed by atoms with Crippen molar-refractivity contribution >= 4 is 12.4 Å². The standard InChI is InChI=1S/C27H34FNO4.C20H20FNO4.C19H20FNO3.CH4.BrH/c1-30-14-6-4-2-3-5-7-21-15-26-27(33-19-32-26)16-25(21)31-18-22-17-29-13-12-24(22)20-8-10-23(28)11-9-20;21-16-3-1-13(2-4-16)17-5-6-22-9-15(17)11-24-18-8-20-19(25-12-26-20)7-14(18)10-23;20-15-3-1-13(2-4-15)17-7-8-21-10-14(17)11-22-16-5-6-18-19(9-16)24-12-23-18;;/h5,7-11,15-16,22,24,29H,2-4,6,12-14,17-19H2,1H3;1-4,7-8,10,15,17,22H,5-6,9,11-12H2;1-6,9,14,17,21H,7-8,10-12H2;1H4;1H/p-1/t22-,24-;15-,17-;14-,17-;;/m000../s1. The van der Waals surface area contributed by atoms with E-state index in [1.807, 2.05) is 66.7 Å². The largest absolute Gasteiger partial charge is 1.00 e. The van der Waals surface area contributed by atoms with Crippen LogP contribution < -0.4 is 75.6 Å². The molecule has 0 aliphatic carbocycles. The molecule has 0 aromatic heterocycles. The Morgan fingerprint density at radius 2 is 0.906 bits per heavy atom. The second kappa shape index (κ2) is 32.5. The van der Waals surface area contributed by atoms with Gasteiger partial charge in [0.1, 0.15) is 34.7 Å². The van der Waals surface area contributed by atoms with Gasteiger partial charge in [0.25, 0.3) is 0 Å². The minimum absolute atomic E-state index is 0. The van der Waals surface area contributed by atoms with E-state index >= 15 is 0 Å². The summed E-state index contributed by atoms with van der Waals surface area (Å²) in [5.41, 5.74) is 4.90. The van der Waals surface area contributed by atoms with Crippen LogP contribution in [0.2, 0.25) is 0 Å². The first kappa shape index (κ1) is 64.0. The van der Waals surface area contributed by atoms with Crippen molar-refractivity contribution < 1.29 is 82.3 Å². The van der Waals surface area contributed by atoms with Crippen molar-refractivity contribution in [3.63, 3.8) is 0 Å². The fourth-order valence-corrected chi connectivity index (χ4v) is 11.6. The number of hydrogen-bond acceptors (Lipinski definition) is 14. The second-order valence-corrected chi connectivity index (χ2v) is 21.5. The second-order valence-electron chi connectivity index (χ2n) is 21.5. The summed E-state index contributed by atoms with van der Waals surface area (Å²) >= 11 is 0. The quantitative estimate of drug-likeness (QED) is 0.0493. The van der Waals surface area contributed by atoms with Gasteiger partial charge in [-0.1, -0.05) is 62.4 Å². The number of hydrogen-bond donors (Lipinski definition) is 3. The molecule has 6 heterocycles. The van der Waals surface area contributed by atoms with Crippen LogP contribution in [0.5, 0.6) is 51.7 Å². The number of aldehydes is 1. The van der Waals surface area contributed by atoms with E-state index in [1.54, 1.807) is 31.4 Å². The van der Waals surface area contributed by atoms with E-state index in [1.165, 1.54) is 35.4 Å². The first-order valence-corrected chi connectivity index (χ1v) is 28.9. The highest BCUT2D eigenvalue weighted by atomic mass is 79.9. The van der Waals surface area contributed by atoms with Crippen LogP contribution in [0.3, 0.4) is 0 Å². The molecule has 3 N–H and O–H groups in total. The van der Waals surface area contributed by atoms with Crippen LogP contribution in [-0.4, -0.2) is 99.5 Å². The summed E-state index contributed by atoms with van der Waals surface area (Å²) in [4.78, 5) is 11.4. The maximum Gasteiger partial charge on any atom is 0.231 e. The molecule has 3 saturated heterocycles. The van der Waals surface area contributed by atoms with Gasteiger partial charge in [0.05, 0.1) is 25.4 Å². The molecule has 18 heteroatoms. The molecule has 85 heavy (non-hydrogen) atoms. The lowest BCUT2D eigenvalue weighted by Crippen LogP contribution is -3.00. The van der Waals surface area contributed by atoms with E-state index in [4.69, 9.17) is 47.4 Å². The van der Waals surface area contributed by atoms with Gasteiger partial charge >= 0.3 is 0 Å². The molecule has 3 fully saturated rings. The smallest absolute Gasteiger partial charge is 0.231 e. The van der Waals surface area contributed by atoms with Gasteiger partial charge in [-0.3, -0.25) is 4.79 Å². The number of piperidine rings is 3. The van der Waals surface area contributed by atoms with Gasteiger partial charge in [0, 0.05) is 74.9 Å². The van der Waals surface area contributed by atoms with Crippen molar-refractivity contribution in [2.24, 2.45) is 17.8 Å². The summed E-state index contributed by atoms with van der Waals surface area (Å²) in [6.45, 7) is 8.53. The number of halogens is 4. The number of carbonyl (C=O) groups is 1. The minimum Gasteiger partial charge on any atom is -1.00 e. The van der Waals surface area contributed by atoms with E-state index in [-0.39, 0.29) is 74.1 Å². The van der Waals surface area contributed by atoms with Crippen LogP contribution in [0.25, 0.3) is 6.08 Å². The van der Waals surface area contributed by atoms with Crippen LogP contribution in [0, 0.1) is 35.2 Å². The van der Waals surface area contributed by atoms with Crippen molar-refractivity contribution in [1.82, 2.24) is 16.0 Å². The average molecular weight is 1240 g/mol. The Morgan fingerprint density at radius 1 is 0.494 bits per heavy atom. The van der Waals surface area contributed by atoms with Crippen molar-refractivity contribution in [2.75, 3.05) is 93.2 Å². The van der Waals surface area contributed by atoms with Crippen molar-refractivity contribution in [1.29, 1.82) is 0 Å². The predicted molar refractivity (Wildman–Crippen MR) is 316 cm³/mol. The van der Waals surface area contributed by atoms with Gasteiger partial charge < -0.3 is 80.3 Å². The van der Waals surface area contributed by atoms with Crippen LogP contribution >= 0.6 is 0 Å². The Morgan fingerprint density at radius 3 is 1.36 bits per heavy atom. The Hall–Kier alpha value is -6.96. The highest BCUT2D eigenvalue weighted by molar-refractivity contribution is 5.81. The molecule has 0 unspecified atom stereocenters. The monoisotopic (exact) mass is 1240 g/mol. The fourth-order valence-electron chi connectivity index (χ4n) is 11.6. The first-order chi connectivity index (χ1) is 40.8. The van der Waals surface area contributed by atoms with Crippen molar-refractivity contribution in [3.05, 3.63) is 167 Å². The third-order valence-corrected chi connectivity index (χ3v) is 16.1. The Labute approximate surface area is 507 Å². The number of methoxy groups -OCH3 is 1. The zero-order valence-electron chi connectivity index (χ0n) is 47.3. The van der Waals surface area contributed by atoms with Gasteiger partial charge in [0.15, 0.2) is 40.8 Å². The maximum atomic E-state index is 13.4. The number of unbranched alkanes of at least 4 members (excludes halogenated alkanes) is 3. The fraction of sp³-hybridized carbons (Fsp3) is 0.418. The average Bonchev–Trinajstić information content (AvgIpc) is 4.42. The maximum absolute atomic E-state index is 13.4. The molecule has 0 bridgehead atoms. The number of carbonyl (C=O) groups excluding carboxylic acids is 1. The highest BCUT2D eigenvalue weighted by Gasteiger charge is 2.31.